The molecule has 3 aromatic heterocycles. The summed E-state index contributed by atoms with van der Waals surface area (Å²) in [7, 11) is 0. The van der Waals surface area contributed by atoms with E-state index in [2.05, 4.69) is 191 Å². The number of hydrogen-bond donors (Lipinski definition) is 0. The Hall–Kier alpha value is -6.95. The molecule has 1 aliphatic rings. The summed E-state index contributed by atoms with van der Waals surface area (Å²) in [5, 5.41) is 5.95. The molecule has 0 aliphatic carbocycles. The van der Waals surface area contributed by atoms with Crippen LogP contribution in [0.25, 0.3) is 99.7 Å². The summed E-state index contributed by atoms with van der Waals surface area (Å²) in [4.78, 5) is 13.0. The minimum absolute atomic E-state index is 0.686. The Kier molecular flexibility index (Phi) is 6.53. The molecule has 5 heteroatoms. The molecule has 0 fully saturated rings. The molecule has 0 radical (unpaired) electrons. The van der Waals surface area contributed by atoms with Crippen LogP contribution in [0.5, 0.6) is 0 Å². The fraction of sp³-hybridized carbons (Fsp3) is 0. The highest BCUT2D eigenvalue weighted by molar-refractivity contribution is 7.99. The van der Waals surface area contributed by atoms with Gasteiger partial charge in [-0.1, -0.05) is 127 Å². The van der Waals surface area contributed by atoms with Gasteiger partial charge in [0.25, 0.3) is 0 Å². The Morgan fingerprint density at radius 3 is 1.75 bits per heavy atom. The highest BCUT2D eigenvalue weighted by atomic mass is 32.2. The van der Waals surface area contributed by atoms with Gasteiger partial charge in [-0.3, -0.25) is 4.57 Å². The molecular formula is C50H30N4S. The van der Waals surface area contributed by atoms with Crippen molar-refractivity contribution in [2.24, 2.45) is 0 Å². The molecule has 0 unspecified atom stereocenters. The van der Waals surface area contributed by atoms with E-state index in [1.165, 1.54) is 64.6 Å². The zero-order valence-electron chi connectivity index (χ0n) is 29.5. The molecule has 0 atom stereocenters. The maximum Gasteiger partial charge on any atom is 0.235 e. The minimum Gasteiger partial charge on any atom is -0.309 e. The number of nitrogens with zero attached hydrogens (tertiary/aromatic N) is 4. The smallest absolute Gasteiger partial charge is 0.235 e. The normalized spacial score (nSPS) is 12.3. The SMILES string of the molecule is c1ccc(-c2cccc(-n3c4ccccc4c4cc(-c5ccc6c(c5)c5ccccc5n6-c5nc6c7c(cccc7n5)Sc5ccccc5-6)ccc43)c2)cc1. The number of para-hydroxylation sites is 2. The predicted octanol–water partition coefficient (Wildman–Crippen LogP) is 13.3. The van der Waals surface area contributed by atoms with Gasteiger partial charge in [0.05, 0.1) is 33.3 Å². The molecule has 4 heterocycles. The standard InChI is InChI=1S/C50H30N4S/c1-2-12-31(13-3-1)32-14-10-15-35(28-32)53-42-20-7-4-16-36(42)39-29-33(24-26-44(39)53)34-25-27-45-40(30-34)37-17-5-8-21-43(37)54(45)50-51-41-19-11-23-47-48(41)49(52-50)38-18-6-9-22-46(38)55-47/h1-30H. The third-order valence-corrected chi connectivity index (χ3v) is 12.3. The zero-order valence-corrected chi connectivity index (χ0v) is 30.3. The highest BCUT2D eigenvalue weighted by Crippen LogP contribution is 2.47. The van der Waals surface area contributed by atoms with Crippen LogP contribution in [-0.4, -0.2) is 19.1 Å². The number of benzene rings is 8. The largest absolute Gasteiger partial charge is 0.309 e. The van der Waals surface area contributed by atoms with Crippen LogP contribution in [0, 0.1) is 0 Å². The summed E-state index contributed by atoms with van der Waals surface area (Å²) < 4.78 is 4.64. The van der Waals surface area contributed by atoms with Crippen molar-refractivity contribution in [3.05, 3.63) is 182 Å². The van der Waals surface area contributed by atoms with Crippen LogP contribution in [0.2, 0.25) is 0 Å². The molecular weight excluding hydrogens is 689 g/mol. The Morgan fingerprint density at radius 1 is 0.382 bits per heavy atom. The molecule has 0 spiro atoms. The molecule has 1 aliphatic heterocycles. The van der Waals surface area contributed by atoms with Crippen molar-refractivity contribution in [3.8, 4) is 45.1 Å². The van der Waals surface area contributed by atoms with Crippen molar-refractivity contribution < 1.29 is 0 Å². The second-order valence-corrected chi connectivity index (χ2v) is 15.3. The van der Waals surface area contributed by atoms with Crippen LogP contribution in [-0.2, 0) is 0 Å². The third kappa shape index (κ3) is 4.60. The van der Waals surface area contributed by atoms with Crippen LogP contribution < -0.4 is 0 Å². The van der Waals surface area contributed by atoms with Crippen LogP contribution >= 0.6 is 11.8 Å². The fourth-order valence-electron chi connectivity index (χ4n) is 8.64. The minimum atomic E-state index is 0.686. The maximum absolute atomic E-state index is 5.35. The van der Waals surface area contributed by atoms with E-state index in [-0.39, 0.29) is 0 Å². The summed E-state index contributed by atoms with van der Waals surface area (Å²) >= 11 is 1.80. The van der Waals surface area contributed by atoms with Gasteiger partial charge in [-0.15, -0.1) is 0 Å². The molecule has 0 saturated carbocycles. The second-order valence-electron chi connectivity index (χ2n) is 14.2. The summed E-state index contributed by atoms with van der Waals surface area (Å²) in [6.07, 6.45) is 0. The van der Waals surface area contributed by atoms with Gasteiger partial charge in [0.15, 0.2) is 0 Å². The van der Waals surface area contributed by atoms with Crippen molar-refractivity contribution in [2.75, 3.05) is 0 Å². The average Bonchev–Trinajstić information content (AvgIpc) is 3.76. The van der Waals surface area contributed by atoms with Crippen molar-refractivity contribution >= 4 is 66.3 Å². The quantitative estimate of drug-likeness (QED) is 0.182. The van der Waals surface area contributed by atoms with Crippen molar-refractivity contribution in [2.45, 2.75) is 9.79 Å². The monoisotopic (exact) mass is 718 g/mol. The van der Waals surface area contributed by atoms with Gasteiger partial charge in [0.1, 0.15) is 0 Å². The lowest BCUT2D eigenvalue weighted by atomic mass is 10.0. The van der Waals surface area contributed by atoms with Crippen LogP contribution in [0.3, 0.4) is 0 Å². The van der Waals surface area contributed by atoms with Crippen molar-refractivity contribution in [1.82, 2.24) is 19.1 Å². The Labute approximate surface area is 321 Å². The van der Waals surface area contributed by atoms with E-state index in [4.69, 9.17) is 9.97 Å². The van der Waals surface area contributed by atoms with Gasteiger partial charge in [-0.25, -0.2) is 9.97 Å². The summed E-state index contributed by atoms with van der Waals surface area (Å²) in [5.41, 5.74) is 13.6. The molecule has 256 valence electrons. The lowest BCUT2D eigenvalue weighted by Gasteiger charge is -2.20. The molecule has 8 aromatic carbocycles. The Morgan fingerprint density at radius 2 is 0.964 bits per heavy atom. The van der Waals surface area contributed by atoms with Crippen LogP contribution in [0.1, 0.15) is 0 Å². The van der Waals surface area contributed by atoms with E-state index in [0.717, 1.165) is 38.9 Å². The van der Waals surface area contributed by atoms with Crippen molar-refractivity contribution in [1.29, 1.82) is 0 Å². The first-order valence-corrected chi connectivity index (χ1v) is 19.4. The first-order chi connectivity index (χ1) is 27.3. The van der Waals surface area contributed by atoms with Gasteiger partial charge in [-0.2, -0.15) is 0 Å². The number of rotatable bonds is 4. The van der Waals surface area contributed by atoms with E-state index in [9.17, 15) is 0 Å². The lowest BCUT2D eigenvalue weighted by Crippen LogP contribution is -2.05. The van der Waals surface area contributed by atoms with E-state index in [0.29, 0.717) is 5.95 Å². The van der Waals surface area contributed by atoms with Crippen LogP contribution in [0.15, 0.2) is 192 Å². The molecule has 12 rings (SSSR count). The summed E-state index contributed by atoms with van der Waals surface area (Å²) in [5.74, 6) is 0.686. The van der Waals surface area contributed by atoms with Crippen molar-refractivity contribution in [3.63, 3.8) is 0 Å². The molecule has 0 bridgehead atoms. The van der Waals surface area contributed by atoms with Gasteiger partial charge in [0, 0.05) is 48.0 Å². The maximum atomic E-state index is 5.35. The van der Waals surface area contributed by atoms with Crippen LogP contribution in [0.4, 0.5) is 0 Å². The summed E-state index contributed by atoms with van der Waals surface area (Å²) in [6, 6.07) is 65.5. The van der Waals surface area contributed by atoms with E-state index in [1.807, 2.05) is 0 Å². The average molecular weight is 719 g/mol. The molecule has 11 aromatic rings. The molecule has 0 saturated heterocycles. The molecule has 55 heavy (non-hydrogen) atoms. The van der Waals surface area contributed by atoms with E-state index >= 15 is 0 Å². The fourth-order valence-corrected chi connectivity index (χ4v) is 9.75. The van der Waals surface area contributed by atoms with Gasteiger partial charge >= 0.3 is 0 Å². The topological polar surface area (TPSA) is 35.6 Å². The predicted molar refractivity (Wildman–Crippen MR) is 229 cm³/mol. The Bertz CT molecular complexity index is 3360. The van der Waals surface area contributed by atoms with Gasteiger partial charge in [-0.05, 0) is 89.0 Å². The van der Waals surface area contributed by atoms with E-state index < -0.39 is 0 Å². The summed E-state index contributed by atoms with van der Waals surface area (Å²) in [6.45, 7) is 0. The number of aromatic nitrogens is 4. The highest BCUT2D eigenvalue weighted by Gasteiger charge is 2.24. The third-order valence-electron chi connectivity index (χ3n) is 11.1. The van der Waals surface area contributed by atoms with Gasteiger partial charge in [0.2, 0.25) is 5.95 Å². The van der Waals surface area contributed by atoms with E-state index in [1.54, 1.807) is 11.8 Å². The second kappa shape index (κ2) is 11.8. The zero-order chi connectivity index (χ0) is 36.0. The first kappa shape index (κ1) is 30.5. The number of fused-ring (bicyclic) bond motifs is 8. The van der Waals surface area contributed by atoms with Gasteiger partial charge < -0.3 is 4.57 Å². The molecule has 0 N–H and O–H groups in total. The Balaban J connectivity index is 1.03. The molecule has 4 nitrogen and oxygen atoms in total. The molecule has 0 amide bonds. The number of hydrogen-bond acceptors (Lipinski definition) is 3. The first-order valence-electron chi connectivity index (χ1n) is 18.6. The lowest BCUT2D eigenvalue weighted by molar-refractivity contribution is 1.01.